The Balaban J connectivity index is 1.71. The van der Waals surface area contributed by atoms with Crippen molar-refractivity contribution in [1.29, 1.82) is 0 Å². The van der Waals surface area contributed by atoms with E-state index < -0.39 is 0 Å². The van der Waals surface area contributed by atoms with Crippen molar-refractivity contribution in [1.82, 2.24) is 14.9 Å². The van der Waals surface area contributed by atoms with E-state index in [1.807, 2.05) is 29.8 Å². The number of benzene rings is 1. The lowest BCUT2D eigenvalue weighted by molar-refractivity contribution is -0.120. The van der Waals surface area contributed by atoms with Gasteiger partial charge in [-0.2, -0.15) is 0 Å². The average Bonchev–Trinajstić information content (AvgIpc) is 2.91. The van der Waals surface area contributed by atoms with Crippen molar-refractivity contribution in [2.75, 3.05) is 0 Å². The molecule has 0 aliphatic heterocycles. The number of amides is 1. The quantitative estimate of drug-likeness (QED) is 0.787. The second-order valence-electron chi connectivity index (χ2n) is 5.40. The molecule has 23 heavy (non-hydrogen) atoms. The third-order valence-corrected chi connectivity index (χ3v) is 3.79. The number of carbonyl (C=O) groups is 1. The fraction of sp³-hybridized carbons (Fsp3) is 0.222. The third kappa shape index (κ3) is 3.39. The van der Waals surface area contributed by atoms with Gasteiger partial charge in [-0.3, -0.25) is 4.79 Å². The molecule has 3 rings (SSSR count). The van der Waals surface area contributed by atoms with Crippen molar-refractivity contribution in [2.24, 2.45) is 0 Å². The maximum atomic E-state index is 13.1. The first-order valence-electron chi connectivity index (χ1n) is 7.61. The van der Waals surface area contributed by atoms with Crippen molar-refractivity contribution >= 4 is 16.9 Å². The molecule has 0 spiro atoms. The van der Waals surface area contributed by atoms with Gasteiger partial charge in [0.25, 0.3) is 0 Å². The zero-order valence-electron chi connectivity index (χ0n) is 12.9. The van der Waals surface area contributed by atoms with Gasteiger partial charge in [-0.1, -0.05) is 12.1 Å². The Kier molecular flexibility index (Phi) is 4.37. The van der Waals surface area contributed by atoms with Crippen LogP contribution in [-0.2, 0) is 24.3 Å². The van der Waals surface area contributed by atoms with Crippen molar-refractivity contribution in [3.05, 3.63) is 65.7 Å². The number of rotatable bonds is 5. The van der Waals surface area contributed by atoms with Gasteiger partial charge in [0.15, 0.2) is 0 Å². The average molecular weight is 311 g/mol. The summed E-state index contributed by atoms with van der Waals surface area (Å²) in [6.07, 6.45) is 4.01. The van der Waals surface area contributed by atoms with Crippen molar-refractivity contribution in [3.8, 4) is 0 Å². The molecular weight excluding hydrogens is 293 g/mol. The van der Waals surface area contributed by atoms with Crippen LogP contribution in [0.4, 0.5) is 4.39 Å². The van der Waals surface area contributed by atoms with Gasteiger partial charge in [-0.25, -0.2) is 9.37 Å². The molecule has 4 nitrogen and oxygen atoms in total. The molecule has 1 N–H and O–H groups in total. The van der Waals surface area contributed by atoms with E-state index in [1.54, 1.807) is 18.3 Å². The number of pyridine rings is 1. The van der Waals surface area contributed by atoms with E-state index in [1.165, 1.54) is 12.1 Å². The monoisotopic (exact) mass is 311 g/mol. The van der Waals surface area contributed by atoms with Gasteiger partial charge in [0.05, 0.1) is 6.42 Å². The van der Waals surface area contributed by atoms with Gasteiger partial charge in [0.1, 0.15) is 11.5 Å². The number of hydrogen-bond acceptors (Lipinski definition) is 2. The number of carbonyl (C=O) groups excluding carboxylic acids is 1. The summed E-state index contributed by atoms with van der Waals surface area (Å²) < 4.78 is 15.2. The van der Waals surface area contributed by atoms with Crippen LogP contribution < -0.4 is 5.32 Å². The third-order valence-electron chi connectivity index (χ3n) is 3.79. The van der Waals surface area contributed by atoms with Crippen LogP contribution in [0.1, 0.15) is 18.1 Å². The topological polar surface area (TPSA) is 46.9 Å². The van der Waals surface area contributed by atoms with E-state index in [-0.39, 0.29) is 18.1 Å². The predicted octanol–water partition coefficient (Wildman–Crippen LogP) is 3.05. The summed E-state index contributed by atoms with van der Waals surface area (Å²) in [5.41, 5.74) is 2.59. The van der Waals surface area contributed by atoms with E-state index >= 15 is 0 Å². The van der Waals surface area contributed by atoms with Crippen LogP contribution in [0.25, 0.3) is 11.0 Å². The van der Waals surface area contributed by atoms with E-state index in [0.717, 1.165) is 28.7 Å². The number of fused-ring (bicyclic) bond motifs is 1. The number of nitrogens with zero attached hydrogens (tertiary/aromatic N) is 2. The summed E-state index contributed by atoms with van der Waals surface area (Å²) in [6.45, 7) is 3.17. The summed E-state index contributed by atoms with van der Waals surface area (Å²) in [4.78, 5) is 16.6. The van der Waals surface area contributed by atoms with Gasteiger partial charge in [0, 0.05) is 30.9 Å². The Hall–Kier alpha value is -2.69. The highest BCUT2D eigenvalue weighted by atomic mass is 19.1. The van der Waals surface area contributed by atoms with Gasteiger partial charge in [-0.05, 0) is 42.3 Å². The van der Waals surface area contributed by atoms with Gasteiger partial charge < -0.3 is 9.88 Å². The number of aryl methyl sites for hydroxylation is 1. The Morgan fingerprint density at radius 3 is 2.96 bits per heavy atom. The Labute approximate surface area is 134 Å². The fourth-order valence-electron chi connectivity index (χ4n) is 2.66. The maximum absolute atomic E-state index is 13.1. The molecule has 2 aromatic heterocycles. The van der Waals surface area contributed by atoms with Crippen molar-refractivity contribution < 1.29 is 9.18 Å². The van der Waals surface area contributed by atoms with E-state index in [4.69, 9.17) is 0 Å². The number of hydrogen-bond donors (Lipinski definition) is 1. The van der Waals surface area contributed by atoms with Gasteiger partial charge in [0.2, 0.25) is 5.91 Å². The highest BCUT2D eigenvalue weighted by Gasteiger charge is 2.12. The Morgan fingerprint density at radius 1 is 1.30 bits per heavy atom. The Morgan fingerprint density at radius 2 is 2.17 bits per heavy atom. The van der Waals surface area contributed by atoms with Crippen molar-refractivity contribution in [2.45, 2.75) is 26.4 Å². The summed E-state index contributed by atoms with van der Waals surface area (Å²) in [5, 5.41) is 3.83. The molecule has 0 fully saturated rings. The summed E-state index contributed by atoms with van der Waals surface area (Å²) in [5.74, 6) is -0.387. The number of aromatic nitrogens is 2. The first-order chi connectivity index (χ1) is 11.2. The minimum atomic E-state index is -0.297. The molecule has 5 heteroatoms. The predicted molar refractivity (Wildman–Crippen MR) is 87.4 cm³/mol. The molecule has 0 aliphatic rings. The lowest BCUT2D eigenvalue weighted by atomic mass is 10.1. The number of nitrogens with one attached hydrogen (secondary N) is 1. The molecule has 3 aromatic rings. The molecule has 0 saturated heterocycles. The molecule has 0 aliphatic carbocycles. The van der Waals surface area contributed by atoms with E-state index in [9.17, 15) is 9.18 Å². The second kappa shape index (κ2) is 6.60. The first-order valence-corrected chi connectivity index (χ1v) is 7.61. The lowest BCUT2D eigenvalue weighted by Crippen LogP contribution is -2.24. The molecule has 1 aromatic carbocycles. The molecule has 0 atom stereocenters. The van der Waals surface area contributed by atoms with Crippen LogP contribution >= 0.6 is 0 Å². The van der Waals surface area contributed by atoms with Crippen LogP contribution in [0.3, 0.4) is 0 Å². The first kappa shape index (κ1) is 15.2. The van der Waals surface area contributed by atoms with Gasteiger partial charge in [-0.15, -0.1) is 0 Å². The lowest BCUT2D eigenvalue weighted by Gasteiger charge is -2.05. The molecule has 1 amide bonds. The van der Waals surface area contributed by atoms with Crippen molar-refractivity contribution in [3.63, 3.8) is 0 Å². The molecule has 118 valence electrons. The maximum Gasteiger partial charge on any atom is 0.224 e. The Bertz CT molecular complexity index is 841. The van der Waals surface area contributed by atoms with Crippen LogP contribution in [0.5, 0.6) is 0 Å². The smallest absolute Gasteiger partial charge is 0.224 e. The summed E-state index contributed by atoms with van der Waals surface area (Å²) >= 11 is 0. The highest BCUT2D eigenvalue weighted by molar-refractivity contribution is 5.87. The second-order valence-corrected chi connectivity index (χ2v) is 5.40. The van der Waals surface area contributed by atoms with E-state index in [0.29, 0.717) is 6.54 Å². The zero-order chi connectivity index (χ0) is 16.2. The summed E-state index contributed by atoms with van der Waals surface area (Å²) in [7, 11) is 0. The standard InChI is InChI=1S/C18H18FN3O/c1-2-22-12-14(16-7-4-8-20-18(16)22)10-17(23)21-11-13-5-3-6-15(19)9-13/h3-9,12H,2,10-11H2,1H3,(H,21,23). The molecule has 2 heterocycles. The highest BCUT2D eigenvalue weighted by Crippen LogP contribution is 2.19. The minimum absolute atomic E-state index is 0.0896. The van der Waals surface area contributed by atoms with Crippen LogP contribution in [0, 0.1) is 5.82 Å². The van der Waals surface area contributed by atoms with Crippen LogP contribution in [0.15, 0.2) is 48.8 Å². The minimum Gasteiger partial charge on any atom is -0.352 e. The normalized spacial score (nSPS) is 10.9. The molecule has 0 saturated carbocycles. The zero-order valence-corrected chi connectivity index (χ0v) is 12.9. The SMILES string of the molecule is CCn1cc(CC(=O)NCc2cccc(F)c2)c2cccnc21. The van der Waals surface area contributed by atoms with E-state index in [2.05, 4.69) is 10.3 Å². The molecule has 0 bridgehead atoms. The molecule has 0 radical (unpaired) electrons. The van der Waals surface area contributed by atoms with Gasteiger partial charge >= 0.3 is 0 Å². The molecule has 0 unspecified atom stereocenters. The fourth-order valence-corrected chi connectivity index (χ4v) is 2.66. The summed E-state index contributed by atoms with van der Waals surface area (Å²) in [6, 6.07) is 10.1. The largest absolute Gasteiger partial charge is 0.352 e. The van der Waals surface area contributed by atoms with Crippen LogP contribution in [-0.4, -0.2) is 15.5 Å². The number of halogens is 1. The molecular formula is C18H18FN3O. The van der Waals surface area contributed by atoms with Crippen LogP contribution in [0.2, 0.25) is 0 Å².